The molecule has 1 aliphatic heterocycles. The fourth-order valence-electron chi connectivity index (χ4n) is 3.36. The highest BCUT2D eigenvalue weighted by molar-refractivity contribution is 6.03. The third kappa shape index (κ3) is 4.36. The predicted molar refractivity (Wildman–Crippen MR) is 108 cm³/mol. The molecule has 9 heteroatoms. The summed E-state index contributed by atoms with van der Waals surface area (Å²) in [6, 6.07) is 11.4. The number of alkyl halides is 3. The minimum absolute atomic E-state index is 0.0110. The first-order valence-electron chi connectivity index (χ1n) is 9.62. The van der Waals surface area contributed by atoms with Gasteiger partial charge in [0.05, 0.1) is 32.8 Å². The van der Waals surface area contributed by atoms with E-state index in [9.17, 15) is 23.1 Å². The van der Waals surface area contributed by atoms with Crippen molar-refractivity contribution in [2.45, 2.75) is 38.1 Å². The summed E-state index contributed by atoms with van der Waals surface area (Å²) >= 11 is 0. The van der Waals surface area contributed by atoms with Crippen molar-refractivity contribution in [1.82, 2.24) is 5.01 Å². The van der Waals surface area contributed by atoms with Crippen LogP contribution in [-0.4, -0.2) is 47.9 Å². The Morgan fingerprint density at radius 2 is 1.71 bits per heavy atom. The molecule has 2 aromatic rings. The van der Waals surface area contributed by atoms with Crippen molar-refractivity contribution in [3.05, 3.63) is 59.2 Å². The van der Waals surface area contributed by atoms with Gasteiger partial charge in [-0.1, -0.05) is 37.3 Å². The lowest BCUT2D eigenvalue weighted by Gasteiger charge is -2.32. The lowest BCUT2D eigenvalue weighted by atomic mass is 9.99. The van der Waals surface area contributed by atoms with Crippen molar-refractivity contribution in [1.29, 1.82) is 0 Å². The highest BCUT2D eigenvalue weighted by atomic mass is 19.4. The third-order valence-electron chi connectivity index (χ3n) is 5.17. The van der Waals surface area contributed by atoms with Crippen molar-refractivity contribution < 1.29 is 32.5 Å². The van der Waals surface area contributed by atoms with E-state index in [-0.39, 0.29) is 10.7 Å². The van der Waals surface area contributed by atoms with Crippen LogP contribution in [0.3, 0.4) is 0 Å². The fraction of sp³-hybridized carbons (Fsp3) is 0.364. The molecular weight excluding hydrogens is 413 g/mol. The Kier molecular flexibility index (Phi) is 6.26. The lowest BCUT2D eigenvalue weighted by Crippen LogP contribution is -2.57. The summed E-state index contributed by atoms with van der Waals surface area (Å²) in [6.07, 6.45) is -5.58. The molecule has 0 saturated carbocycles. The SMILES string of the molecule is CCc1ccc(C2=NN(C(=O)Cc3ccc(OC)c(OC)c3)[C@@](O)(C(F)(F)F)C2)cc1. The highest BCUT2D eigenvalue weighted by Gasteiger charge is 2.63. The van der Waals surface area contributed by atoms with Crippen molar-refractivity contribution in [3.8, 4) is 11.5 Å². The third-order valence-corrected chi connectivity index (χ3v) is 5.17. The quantitative estimate of drug-likeness (QED) is 0.750. The Morgan fingerprint density at radius 1 is 1.10 bits per heavy atom. The van der Waals surface area contributed by atoms with Gasteiger partial charge in [-0.15, -0.1) is 0 Å². The first kappa shape index (κ1) is 22.6. The number of amides is 1. The van der Waals surface area contributed by atoms with Crippen LogP contribution < -0.4 is 9.47 Å². The molecule has 0 aromatic heterocycles. The van der Waals surface area contributed by atoms with E-state index < -0.39 is 30.7 Å². The number of hydrogen-bond donors (Lipinski definition) is 1. The van der Waals surface area contributed by atoms with E-state index in [2.05, 4.69) is 5.10 Å². The number of nitrogens with zero attached hydrogens (tertiary/aromatic N) is 2. The number of ether oxygens (including phenoxy) is 2. The summed E-state index contributed by atoms with van der Waals surface area (Å²) in [6.45, 7) is 1.96. The van der Waals surface area contributed by atoms with Crippen molar-refractivity contribution in [2.75, 3.05) is 14.2 Å². The number of benzene rings is 2. The largest absolute Gasteiger partial charge is 0.493 e. The van der Waals surface area contributed by atoms with Gasteiger partial charge in [-0.2, -0.15) is 23.3 Å². The predicted octanol–water partition coefficient (Wildman–Crippen LogP) is 3.70. The number of aryl methyl sites for hydroxylation is 1. The van der Waals surface area contributed by atoms with Gasteiger partial charge in [-0.25, -0.2) is 0 Å². The Morgan fingerprint density at radius 3 is 2.26 bits per heavy atom. The summed E-state index contributed by atoms with van der Waals surface area (Å²) in [5, 5.41) is 14.5. The van der Waals surface area contributed by atoms with Crippen LogP contribution in [0.25, 0.3) is 0 Å². The molecule has 1 amide bonds. The first-order valence-corrected chi connectivity index (χ1v) is 9.62. The normalized spacial score (nSPS) is 18.7. The van der Waals surface area contributed by atoms with Crippen LogP contribution in [0.5, 0.6) is 11.5 Å². The average Bonchev–Trinajstić information content (AvgIpc) is 3.12. The fourth-order valence-corrected chi connectivity index (χ4v) is 3.36. The molecule has 166 valence electrons. The van der Waals surface area contributed by atoms with Crippen LogP contribution in [0.4, 0.5) is 13.2 Å². The highest BCUT2D eigenvalue weighted by Crippen LogP contribution is 2.41. The summed E-state index contributed by atoms with van der Waals surface area (Å²) in [4.78, 5) is 12.8. The summed E-state index contributed by atoms with van der Waals surface area (Å²) in [5.41, 5.74) is -1.61. The molecule has 0 bridgehead atoms. The molecular formula is C22H23F3N2O4. The molecule has 3 rings (SSSR count). The molecule has 0 radical (unpaired) electrons. The van der Waals surface area contributed by atoms with Gasteiger partial charge in [-0.3, -0.25) is 4.79 Å². The van der Waals surface area contributed by atoms with Crippen LogP contribution in [0.15, 0.2) is 47.6 Å². The van der Waals surface area contributed by atoms with E-state index >= 15 is 0 Å². The van der Waals surface area contributed by atoms with Gasteiger partial charge in [0.1, 0.15) is 0 Å². The van der Waals surface area contributed by atoms with Crippen LogP contribution in [0.1, 0.15) is 30.0 Å². The second kappa shape index (κ2) is 8.58. The first-order chi connectivity index (χ1) is 14.6. The number of carbonyl (C=O) groups excluding carboxylic acids is 1. The molecule has 0 fully saturated rings. The Labute approximate surface area is 177 Å². The molecule has 0 aliphatic carbocycles. The van der Waals surface area contributed by atoms with Gasteiger partial charge in [-0.05, 0) is 35.2 Å². The summed E-state index contributed by atoms with van der Waals surface area (Å²) in [5.74, 6) is -0.241. The summed E-state index contributed by atoms with van der Waals surface area (Å²) < 4.78 is 51.6. The van der Waals surface area contributed by atoms with E-state index in [1.54, 1.807) is 30.3 Å². The maximum atomic E-state index is 13.8. The molecule has 0 unspecified atom stereocenters. The number of carbonyl (C=O) groups is 1. The zero-order valence-corrected chi connectivity index (χ0v) is 17.4. The Bertz CT molecular complexity index is 989. The molecule has 1 N–H and O–H groups in total. The molecule has 6 nitrogen and oxygen atoms in total. The van der Waals surface area contributed by atoms with Gasteiger partial charge in [0.2, 0.25) is 5.91 Å². The maximum absolute atomic E-state index is 13.8. The monoisotopic (exact) mass is 436 g/mol. The Hall–Kier alpha value is -3.07. The molecule has 0 spiro atoms. The molecule has 0 saturated heterocycles. The van der Waals surface area contributed by atoms with Crippen molar-refractivity contribution in [3.63, 3.8) is 0 Å². The van der Waals surface area contributed by atoms with Gasteiger partial charge >= 0.3 is 6.18 Å². The van der Waals surface area contributed by atoms with E-state index in [4.69, 9.17) is 9.47 Å². The second-order valence-electron chi connectivity index (χ2n) is 7.16. The maximum Gasteiger partial charge on any atom is 0.438 e. The molecule has 1 aliphatic rings. The number of halogens is 3. The van der Waals surface area contributed by atoms with Gasteiger partial charge in [0.25, 0.3) is 5.72 Å². The van der Waals surface area contributed by atoms with E-state index in [0.29, 0.717) is 22.6 Å². The minimum atomic E-state index is -5.09. The van der Waals surface area contributed by atoms with Gasteiger partial charge in [0.15, 0.2) is 11.5 Å². The van der Waals surface area contributed by atoms with Crippen LogP contribution in [-0.2, 0) is 17.6 Å². The number of aliphatic hydroxyl groups is 1. The lowest BCUT2D eigenvalue weighted by molar-refractivity contribution is -0.302. The second-order valence-corrected chi connectivity index (χ2v) is 7.16. The number of methoxy groups -OCH3 is 2. The van der Waals surface area contributed by atoms with Gasteiger partial charge < -0.3 is 14.6 Å². The molecule has 31 heavy (non-hydrogen) atoms. The van der Waals surface area contributed by atoms with Crippen molar-refractivity contribution in [2.24, 2.45) is 5.10 Å². The number of hydrazone groups is 1. The van der Waals surface area contributed by atoms with Crippen LogP contribution in [0, 0.1) is 0 Å². The zero-order valence-electron chi connectivity index (χ0n) is 17.4. The van der Waals surface area contributed by atoms with Crippen LogP contribution >= 0.6 is 0 Å². The molecule has 1 atom stereocenters. The molecule has 2 aromatic carbocycles. The standard InChI is InChI=1S/C22H23F3N2O4/c1-4-14-5-8-16(9-6-14)17-13-21(29,22(23,24)25)27(26-17)20(28)12-15-7-10-18(30-2)19(11-15)31-3/h5-11,29H,4,12-13H2,1-3H3/t21-/m0/s1. The smallest absolute Gasteiger partial charge is 0.438 e. The topological polar surface area (TPSA) is 71.4 Å². The van der Waals surface area contributed by atoms with Gasteiger partial charge in [0, 0.05) is 0 Å². The number of hydrogen-bond acceptors (Lipinski definition) is 5. The number of rotatable bonds is 6. The zero-order chi connectivity index (χ0) is 22.8. The summed E-state index contributed by atoms with van der Waals surface area (Å²) in [7, 11) is 2.85. The minimum Gasteiger partial charge on any atom is -0.493 e. The van der Waals surface area contributed by atoms with E-state index in [0.717, 1.165) is 12.0 Å². The van der Waals surface area contributed by atoms with Crippen molar-refractivity contribution >= 4 is 11.6 Å². The average molecular weight is 436 g/mol. The molecule has 1 heterocycles. The Balaban J connectivity index is 1.92. The van der Waals surface area contributed by atoms with E-state index in [1.165, 1.54) is 26.4 Å². The van der Waals surface area contributed by atoms with E-state index in [1.807, 2.05) is 6.92 Å². The van der Waals surface area contributed by atoms with Crippen LogP contribution in [0.2, 0.25) is 0 Å².